The first kappa shape index (κ1) is 13.3. The number of hydrogen-bond donors (Lipinski definition) is 1. The third-order valence-corrected chi connectivity index (χ3v) is 4.10. The monoisotopic (exact) mass is 334 g/mol. The maximum atomic E-state index is 12.3. The lowest BCUT2D eigenvalue weighted by Crippen LogP contribution is -2.31. The number of nitrogens with one attached hydrogen (secondary N) is 1. The van der Waals surface area contributed by atoms with Gasteiger partial charge >= 0.3 is 0 Å². The summed E-state index contributed by atoms with van der Waals surface area (Å²) in [5, 5.41) is 7.38. The topological polar surface area (TPSA) is 59.8 Å². The van der Waals surface area contributed by atoms with Gasteiger partial charge in [0, 0.05) is 30.1 Å². The van der Waals surface area contributed by atoms with Gasteiger partial charge < -0.3 is 5.32 Å². The molecule has 1 unspecified atom stereocenters. The summed E-state index contributed by atoms with van der Waals surface area (Å²) in [5.41, 5.74) is 2.97. The molecule has 104 valence electrons. The highest BCUT2D eigenvalue weighted by atomic mass is 79.9. The maximum absolute atomic E-state index is 12.3. The summed E-state index contributed by atoms with van der Waals surface area (Å²) in [7, 11) is 1.95. The molecule has 0 radical (unpaired) electrons. The zero-order valence-electron chi connectivity index (χ0n) is 11.1. The zero-order valence-corrected chi connectivity index (χ0v) is 12.7. The first-order chi connectivity index (χ1) is 9.65. The van der Waals surface area contributed by atoms with Gasteiger partial charge in [0.15, 0.2) is 0 Å². The summed E-state index contributed by atoms with van der Waals surface area (Å²) in [6.45, 7) is 0. The largest absolute Gasteiger partial charge is 0.345 e. The van der Waals surface area contributed by atoms with Crippen LogP contribution in [0, 0.1) is 0 Å². The number of halogens is 1. The Kier molecular flexibility index (Phi) is 3.56. The second-order valence-corrected chi connectivity index (χ2v) is 5.77. The number of amides is 1. The van der Waals surface area contributed by atoms with E-state index in [1.807, 2.05) is 17.9 Å². The summed E-state index contributed by atoms with van der Waals surface area (Å²) in [4.78, 5) is 16.3. The van der Waals surface area contributed by atoms with Crippen LogP contribution in [0.25, 0.3) is 0 Å². The minimum atomic E-state index is -0.0743. The number of hydrogen-bond acceptors (Lipinski definition) is 3. The summed E-state index contributed by atoms with van der Waals surface area (Å²) in [6.07, 6.45) is 6.53. The van der Waals surface area contributed by atoms with Crippen molar-refractivity contribution in [1.29, 1.82) is 0 Å². The van der Waals surface area contributed by atoms with Crippen LogP contribution in [0.3, 0.4) is 0 Å². The summed E-state index contributed by atoms with van der Waals surface area (Å²) >= 11 is 3.28. The highest BCUT2D eigenvalue weighted by molar-refractivity contribution is 9.10. The van der Waals surface area contributed by atoms with E-state index in [1.165, 1.54) is 5.69 Å². The lowest BCUT2D eigenvalue weighted by molar-refractivity contribution is 0.0932. The highest BCUT2D eigenvalue weighted by Gasteiger charge is 2.25. The Labute approximate surface area is 125 Å². The standard InChI is InChI=1S/C14H15BrN4O/c1-19-12-4-2-3-11(10(12)8-17-19)18-14(20)9-5-6-16-13(15)7-9/h5-8,11H,2-4H2,1H3,(H,18,20). The normalized spacial score (nSPS) is 17.6. The Bertz CT molecular complexity index is 652. The van der Waals surface area contributed by atoms with Gasteiger partial charge in [-0.05, 0) is 47.3 Å². The minimum absolute atomic E-state index is 0.0480. The Balaban J connectivity index is 1.80. The average molecular weight is 335 g/mol. The quantitative estimate of drug-likeness (QED) is 0.858. The van der Waals surface area contributed by atoms with Crippen LogP contribution in [0.5, 0.6) is 0 Å². The van der Waals surface area contributed by atoms with E-state index in [1.54, 1.807) is 18.3 Å². The Morgan fingerprint density at radius 2 is 2.40 bits per heavy atom. The molecule has 1 aliphatic rings. The molecular formula is C14H15BrN4O. The van der Waals surface area contributed by atoms with Gasteiger partial charge in [0.05, 0.1) is 12.2 Å². The second-order valence-electron chi connectivity index (χ2n) is 4.96. The van der Waals surface area contributed by atoms with Crippen LogP contribution in [0.4, 0.5) is 0 Å². The minimum Gasteiger partial charge on any atom is -0.345 e. The molecule has 0 aliphatic heterocycles. The molecule has 0 saturated heterocycles. The molecule has 3 rings (SSSR count). The molecule has 0 fully saturated rings. The van der Waals surface area contributed by atoms with Crippen LogP contribution in [0.1, 0.15) is 40.5 Å². The smallest absolute Gasteiger partial charge is 0.251 e. The Morgan fingerprint density at radius 1 is 1.55 bits per heavy atom. The molecule has 0 bridgehead atoms. The summed E-state index contributed by atoms with van der Waals surface area (Å²) in [5.74, 6) is -0.0743. The Morgan fingerprint density at radius 3 is 3.20 bits per heavy atom. The van der Waals surface area contributed by atoms with Crippen molar-refractivity contribution in [2.24, 2.45) is 7.05 Å². The number of aromatic nitrogens is 3. The van der Waals surface area contributed by atoms with Crippen LogP contribution < -0.4 is 5.32 Å². The third kappa shape index (κ3) is 2.47. The molecular weight excluding hydrogens is 320 g/mol. The predicted molar refractivity (Wildman–Crippen MR) is 78.3 cm³/mol. The molecule has 6 heteroatoms. The first-order valence-corrected chi connectivity index (χ1v) is 7.37. The van der Waals surface area contributed by atoms with E-state index in [2.05, 4.69) is 31.3 Å². The average Bonchev–Trinajstić information content (AvgIpc) is 2.82. The molecule has 1 atom stereocenters. The lowest BCUT2D eigenvalue weighted by Gasteiger charge is -2.23. The van der Waals surface area contributed by atoms with E-state index in [0.29, 0.717) is 10.2 Å². The number of carbonyl (C=O) groups excluding carboxylic acids is 1. The number of aryl methyl sites for hydroxylation is 1. The van der Waals surface area contributed by atoms with Crippen LogP contribution >= 0.6 is 15.9 Å². The van der Waals surface area contributed by atoms with E-state index in [9.17, 15) is 4.79 Å². The third-order valence-electron chi connectivity index (χ3n) is 3.67. The van der Waals surface area contributed by atoms with Gasteiger partial charge in [-0.3, -0.25) is 9.48 Å². The molecule has 0 saturated carbocycles. The van der Waals surface area contributed by atoms with Crippen LogP contribution in [0.2, 0.25) is 0 Å². The van der Waals surface area contributed by atoms with Crippen LogP contribution in [-0.4, -0.2) is 20.7 Å². The highest BCUT2D eigenvalue weighted by Crippen LogP contribution is 2.29. The zero-order chi connectivity index (χ0) is 14.1. The fraction of sp³-hybridized carbons (Fsp3) is 0.357. The fourth-order valence-electron chi connectivity index (χ4n) is 2.64. The van der Waals surface area contributed by atoms with E-state index in [-0.39, 0.29) is 11.9 Å². The number of fused-ring (bicyclic) bond motifs is 1. The van der Waals surface area contributed by atoms with Gasteiger partial charge in [-0.15, -0.1) is 0 Å². The fourth-order valence-corrected chi connectivity index (χ4v) is 3.01. The summed E-state index contributed by atoms with van der Waals surface area (Å²) < 4.78 is 2.56. The van der Waals surface area contributed by atoms with Crippen molar-refractivity contribution in [3.63, 3.8) is 0 Å². The molecule has 0 spiro atoms. The number of rotatable bonds is 2. The molecule has 1 amide bonds. The van der Waals surface area contributed by atoms with Crippen molar-refractivity contribution in [3.8, 4) is 0 Å². The van der Waals surface area contributed by atoms with E-state index < -0.39 is 0 Å². The molecule has 2 aromatic rings. The summed E-state index contributed by atoms with van der Waals surface area (Å²) in [6, 6.07) is 3.49. The van der Waals surface area contributed by atoms with Crippen molar-refractivity contribution in [2.45, 2.75) is 25.3 Å². The van der Waals surface area contributed by atoms with Gasteiger partial charge in [-0.1, -0.05) is 0 Å². The number of pyridine rings is 1. The molecule has 1 aliphatic carbocycles. The number of nitrogens with zero attached hydrogens (tertiary/aromatic N) is 3. The van der Waals surface area contributed by atoms with Crippen LogP contribution in [-0.2, 0) is 13.5 Å². The molecule has 2 heterocycles. The van der Waals surface area contributed by atoms with Crippen molar-refractivity contribution < 1.29 is 4.79 Å². The van der Waals surface area contributed by atoms with Gasteiger partial charge in [0.2, 0.25) is 0 Å². The van der Waals surface area contributed by atoms with E-state index >= 15 is 0 Å². The molecule has 2 aromatic heterocycles. The van der Waals surface area contributed by atoms with Crippen molar-refractivity contribution in [1.82, 2.24) is 20.1 Å². The molecule has 0 aromatic carbocycles. The van der Waals surface area contributed by atoms with Gasteiger partial charge in [-0.2, -0.15) is 5.10 Å². The predicted octanol–water partition coefficient (Wildman–Crippen LogP) is 2.39. The van der Waals surface area contributed by atoms with E-state index in [0.717, 1.165) is 24.8 Å². The second kappa shape index (κ2) is 5.36. The lowest BCUT2D eigenvalue weighted by atomic mass is 9.93. The van der Waals surface area contributed by atoms with Crippen LogP contribution in [0.15, 0.2) is 29.1 Å². The van der Waals surface area contributed by atoms with Crippen molar-refractivity contribution >= 4 is 21.8 Å². The van der Waals surface area contributed by atoms with Gasteiger partial charge in [-0.25, -0.2) is 4.98 Å². The van der Waals surface area contributed by atoms with E-state index in [4.69, 9.17) is 0 Å². The molecule has 20 heavy (non-hydrogen) atoms. The van der Waals surface area contributed by atoms with Crippen molar-refractivity contribution in [3.05, 3.63) is 46.0 Å². The maximum Gasteiger partial charge on any atom is 0.251 e. The Hall–Kier alpha value is -1.69. The number of carbonyl (C=O) groups is 1. The van der Waals surface area contributed by atoms with Gasteiger partial charge in [0.1, 0.15) is 4.60 Å². The SMILES string of the molecule is Cn1ncc2c1CCCC2NC(=O)c1ccnc(Br)c1. The molecule has 1 N–H and O–H groups in total. The first-order valence-electron chi connectivity index (χ1n) is 6.58. The molecule has 5 nitrogen and oxygen atoms in total. The van der Waals surface area contributed by atoms with Crippen molar-refractivity contribution in [2.75, 3.05) is 0 Å². The van der Waals surface area contributed by atoms with Gasteiger partial charge in [0.25, 0.3) is 5.91 Å².